The first-order valence-corrected chi connectivity index (χ1v) is 7.59. The van der Waals surface area contributed by atoms with Gasteiger partial charge in [-0.1, -0.05) is 28.8 Å². The minimum atomic E-state index is -0.265. The number of carbonyl (C=O) groups is 1. The molecule has 2 N–H and O–H groups in total. The fourth-order valence-electron chi connectivity index (χ4n) is 2.62. The number of hydrogen-bond acceptors (Lipinski definition) is 2. The molecule has 2 unspecified atom stereocenters. The molecule has 0 heterocycles. The summed E-state index contributed by atoms with van der Waals surface area (Å²) in [7, 11) is 0. The number of nitrogens with one attached hydrogen (secondary N) is 1. The summed E-state index contributed by atoms with van der Waals surface area (Å²) in [6.07, 6.45) is 3.83. The third-order valence-electron chi connectivity index (χ3n) is 3.70. The van der Waals surface area contributed by atoms with Crippen molar-refractivity contribution in [1.82, 2.24) is 5.32 Å². The van der Waals surface area contributed by atoms with Crippen LogP contribution in [-0.2, 0) is 0 Å². The number of rotatable bonds is 3. The van der Waals surface area contributed by atoms with Crippen LogP contribution in [0.4, 0.5) is 0 Å². The highest BCUT2D eigenvalue weighted by molar-refractivity contribution is 9.10. The summed E-state index contributed by atoms with van der Waals surface area (Å²) in [6.45, 7) is 2.53. The molecule has 0 aliphatic heterocycles. The largest absolute Gasteiger partial charge is 0.393 e. The van der Waals surface area contributed by atoms with Crippen LogP contribution in [0.2, 0.25) is 0 Å². The first-order chi connectivity index (χ1) is 9.06. The first kappa shape index (κ1) is 14.5. The maximum absolute atomic E-state index is 12.1. The highest BCUT2D eigenvalue weighted by atomic mass is 79.9. The zero-order valence-corrected chi connectivity index (χ0v) is 12.7. The zero-order valence-electron chi connectivity index (χ0n) is 11.2. The van der Waals surface area contributed by atoms with Gasteiger partial charge in [-0.15, -0.1) is 0 Å². The van der Waals surface area contributed by atoms with Gasteiger partial charge in [0.05, 0.1) is 6.10 Å². The van der Waals surface area contributed by atoms with Gasteiger partial charge in [0.2, 0.25) is 0 Å². The van der Waals surface area contributed by atoms with Gasteiger partial charge in [-0.25, -0.2) is 0 Å². The molecule has 0 bridgehead atoms. The van der Waals surface area contributed by atoms with E-state index >= 15 is 0 Å². The number of aryl methyl sites for hydroxylation is 1. The van der Waals surface area contributed by atoms with Crippen LogP contribution in [0.1, 0.15) is 41.6 Å². The monoisotopic (exact) mass is 325 g/mol. The second-order valence-electron chi connectivity index (χ2n) is 5.34. The number of hydrogen-bond donors (Lipinski definition) is 2. The Labute approximate surface area is 122 Å². The Morgan fingerprint density at radius 2 is 2.11 bits per heavy atom. The van der Waals surface area contributed by atoms with Crippen molar-refractivity contribution in [2.45, 2.75) is 38.7 Å². The van der Waals surface area contributed by atoms with Gasteiger partial charge < -0.3 is 10.4 Å². The minimum Gasteiger partial charge on any atom is -0.393 e. The molecule has 2 atom stereocenters. The van der Waals surface area contributed by atoms with Crippen LogP contribution in [0, 0.1) is 12.8 Å². The summed E-state index contributed by atoms with van der Waals surface area (Å²) in [5.41, 5.74) is 1.72. The second kappa shape index (κ2) is 6.53. The number of aliphatic hydroxyl groups is 1. The second-order valence-corrected chi connectivity index (χ2v) is 6.25. The summed E-state index contributed by atoms with van der Waals surface area (Å²) in [4.78, 5) is 12.1. The van der Waals surface area contributed by atoms with Crippen LogP contribution >= 0.6 is 15.9 Å². The smallest absolute Gasteiger partial charge is 0.251 e. The molecule has 0 aromatic heterocycles. The lowest BCUT2D eigenvalue weighted by molar-refractivity contribution is 0.0663. The molecule has 0 saturated heterocycles. The average Bonchev–Trinajstić information content (AvgIpc) is 2.36. The molecular formula is C15H20BrNO2. The Bertz CT molecular complexity index is 441. The van der Waals surface area contributed by atoms with E-state index in [2.05, 4.69) is 21.2 Å². The summed E-state index contributed by atoms with van der Waals surface area (Å²) in [5, 5.41) is 12.8. The van der Waals surface area contributed by atoms with E-state index in [1.807, 2.05) is 25.1 Å². The lowest BCUT2D eigenvalue weighted by Gasteiger charge is -2.27. The molecule has 2 rings (SSSR count). The summed E-state index contributed by atoms with van der Waals surface area (Å²) >= 11 is 3.40. The Balaban J connectivity index is 1.93. The minimum absolute atomic E-state index is 0.0674. The zero-order chi connectivity index (χ0) is 13.8. The van der Waals surface area contributed by atoms with Crippen LogP contribution in [0.3, 0.4) is 0 Å². The van der Waals surface area contributed by atoms with Crippen molar-refractivity contribution in [3.05, 3.63) is 33.8 Å². The molecule has 3 nitrogen and oxygen atoms in total. The Kier molecular flexibility index (Phi) is 4.99. The van der Waals surface area contributed by atoms with E-state index < -0.39 is 0 Å². The maximum Gasteiger partial charge on any atom is 0.251 e. The molecule has 1 amide bonds. The van der Waals surface area contributed by atoms with Crippen molar-refractivity contribution in [2.75, 3.05) is 6.54 Å². The maximum atomic E-state index is 12.1. The van der Waals surface area contributed by atoms with Crippen LogP contribution < -0.4 is 5.32 Å². The number of halogens is 1. The van der Waals surface area contributed by atoms with Crippen LogP contribution in [0.25, 0.3) is 0 Å². The molecule has 1 aliphatic carbocycles. The average molecular weight is 326 g/mol. The molecule has 1 aromatic carbocycles. The highest BCUT2D eigenvalue weighted by Gasteiger charge is 2.23. The van der Waals surface area contributed by atoms with Crippen molar-refractivity contribution in [1.29, 1.82) is 0 Å². The Morgan fingerprint density at radius 3 is 2.79 bits per heavy atom. The third kappa shape index (κ3) is 4.05. The predicted octanol–water partition coefficient (Wildman–Crippen LogP) is 3.04. The third-order valence-corrected chi connectivity index (χ3v) is 4.16. The molecule has 104 valence electrons. The van der Waals surface area contributed by atoms with E-state index in [1.165, 1.54) is 0 Å². The Morgan fingerprint density at radius 1 is 1.37 bits per heavy atom. The van der Waals surface area contributed by atoms with Crippen molar-refractivity contribution < 1.29 is 9.90 Å². The topological polar surface area (TPSA) is 49.3 Å². The van der Waals surface area contributed by atoms with Gasteiger partial charge >= 0.3 is 0 Å². The van der Waals surface area contributed by atoms with E-state index in [1.54, 1.807) is 0 Å². The van der Waals surface area contributed by atoms with Crippen LogP contribution in [0.15, 0.2) is 22.7 Å². The molecule has 1 fully saturated rings. The summed E-state index contributed by atoms with van der Waals surface area (Å²) in [6, 6.07) is 5.67. The number of carbonyl (C=O) groups excluding carboxylic acids is 1. The standard InChI is InChI=1S/C15H20BrNO2/c1-10-6-12(8-13(16)7-10)15(19)17-9-11-4-2-3-5-14(11)18/h6-8,11,14,18H,2-5,9H2,1H3,(H,17,19). The predicted molar refractivity (Wildman–Crippen MR) is 79.2 cm³/mol. The van der Waals surface area contributed by atoms with Gasteiger partial charge in [0.25, 0.3) is 5.91 Å². The summed E-state index contributed by atoms with van der Waals surface area (Å²) in [5.74, 6) is 0.133. The quantitative estimate of drug-likeness (QED) is 0.897. The first-order valence-electron chi connectivity index (χ1n) is 6.79. The normalized spacial score (nSPS) is 23.1. The van der Waals surface area contributed by atoms with Crippen LogP contribution in [0.5, 0.6) is 0 Å². The molecule has 1 aromatic rings. The van der Waals surface area contributed by atoms with Crippen molar-refractivity contribution in [2.24, 2.45) is 5.92 Å². The van der Waals surface area contributed by atoms with E-state index in [4.69, 9.17) is 0 Å². The number of aliphatic hydroxyl groups excluding tert-OH is 1. The molecule has 1 saturated carbocycles. The molecule has 4 heteroatoms. The van der Waals surface area contributed by atoms with Gasteiger partial charge in [0.1, 0.15) is 0 Å². The van der Waals surface area contributed by atoms with Gasteiger partial charge in [-0.05, 0) is 43.5 Å². The molecule has 19 heavy (non-hydrogen) atoms. The van der Waals surface area contributed by atoms with Gasteiger partial charge in [-0.3, -0.25) is 4.79 Å². The van der Waals surface area contributed by atoms with Gasteiger partial charge in [-0.2, -0.15) is 0 Å². The van der Waals surface area contributed by atoms with E-state index in [0.717, 1.165) is 35.7 Å². The molecular weight excluding hydrogens is 306 g/mol. The van der Waals surface area contributed by atoms with Crippen molar-refractivity contribution in [3.8, 4) is 0 Å². The lowest BCUT2D eigenvalue weighted by Crippen LogP contribution is -2.36. The SMILES string of the molecule is Cc1cc(Br)cc(C(=O)NCC2CCCCC2O)c1. The Hall–Kier alpha value is -0.870. The van der Waals surface area contributed by atoms with Gasteiger partial charge in [0.15, 0.2) is 0 Å². The highest BCUT2D eigenvalue weighted by Crippen LogP contribution is 2.23. The lowest BCUT2D eigenvalue weighted by atomic mass is 9.86. The summed E-state index contributed by atoms with van der Waals surface area (Å²) < 4.78 is 0.912. The van der Waals surface area contributed by atoms with E-state index in [-0.39, 0.29) is 17.9 Å². The molecule has 1 aliphatic rings. The van der Waals surface area contributed by atoms with E-state index in [0.29, 0.717) is 12.1 Å². The fraction of sp³-hybridized carbons (Fsp3) is 0.533. The number of benzene rings is 1. The van der Waals surface area contributed by atoms with E-state index in [9.17, 15) is 9.90 Å². The van der Waals surface area contributed by atoms with Gasteiger partial charge in [0, 0.05) is 22.5 Å². The number of amides is 1. The van der Waals surface area contributed by atoms with Crippen LogP contribution in [-0.4, -0.2) is 23.7 Å². The molecule has 0 spiro atoms. The van der Waals surface area contributed by atoms with Crippen molar-refractivity contribution >= 4 is 21.8 Å². The molecule has 0 radical (unpaired) electrons. The van der Waals surface area contributed by atoms with Crippen molar-refractivity contribution in [3.63, 3.8) is 0 Å². The fourth-order valence-corrected chi connectivity index (χ4v) is 3.23.